The second-order valence-electron chi connectivity index (χ2n) is 6.13. The van der Waals surface area contributed by atoms with E-state index in [2.05, 4.69) is 6.92 Å². The predicted octanol–water partition coefficient (Wildman–Crippen LogP) is 5.68. The molecule has 3 rings (SSSR count). The highest BCUT2D eigenvalue weighted by Crippen LogP contribution is 2.32. The Bertz CT molecular complexity index is 668. The second-order valence-corrected chi connectivity index (χ2v) is 6.13. The summed E-state index contributed by atoms with van der Waals surface area (Å²) in [5, 5.41) is 0. The van der Waals surface area contributed by atoms with Gasteiger partial charge in [0.1, 0.15) is 0 Å². The fourth-order valence-electron chi connectivity index (χ4n) is 3.39. The van der Waals surface area contributed by atoms with Gasteiger partial charge in [0.2, 0.25) is 0 Å². The number of benzene rings is 2. The Labute approximate surface area is 129 Å². The summed E-state index contributed by atoms with van der Waals surface area (Å²) < 4.78 is 39.8. The fourth-order valence-corrected chi connectivity index (χ4v) is 3.39. The lowest BCUT2D eigenvalue weighted by atomic mass is 9.81. The van der Waals surface area contributed by atoms with Gasteiger partial charge in [0, 0.05) is 0 Å². The number of rotatable bonds is 3. The Kier molecular flexibility index (Phi) is 4.23. The van der Waals surface area contributed by atoms with E-state index in [1.165, 1.54) is 24.0 Å². The van der Waals surface area contributed by atoms with Crippen molar-refractivity contribution in [1.82, 2.24) is 0 Å². The zero-order valence-electron chi connectivity index (χ0n) is 12.6. The Morgan fingerprint density at radius 1 is 0.955 bits per heavy atom. The van der Waals surface area contributed by atoms with E-state index in [4.69, 9.17) is 0 Å². The van der Waals surface area contributed by atoms with Crippen LogP contribution in [0.5, 0.6) is 0 Å². The van der Waals surface area contributed by atoms with Gasteiger partial charge in [-0.3, -0.25) is 0 Å². The molecule has 0 nitrogen and oxygen atoms in total. The summed E-state index contributed by atoms with van der Waals surface area (Å²) in [7, 11) is 0. The van der Waals surface area contributed by atoms with Crippen molar-refractivity contribution >= 4 is 0 Å². The highest BCUT2D eigenvalue weighted by atomic mass is 19.2. The monoisotopic (exact) mass is 304 g/mol. The molecule has 0 aliphatic heterocycles. The maximum atomic E-state index is 13.4. The van der Waals surface area contributed by atoms with Crippen LogP contribution in [0.2, 0.25) is 0 Å². The first-order chi connectivity index (χ1) is 10.6. The molecule has 0 saturated carbocycles. The molecule has 1 unspecified atom stereocenters. The molecule has 0 spiro atoms. The fraction of sp³-hybridized carbons (Fsp3) is 0.368. The average Bonchev–Trinajstić information content (AvgIpc) is 2.52. The molecule has 1 aliphatic carbocycles. The molecule has 3 heteroatoms. The second kappa shape index (κ2) is 6.15. The molecule has 0 radical (unpaired) electrons. The van der Waals surface area contributed by atoms with E-state index in [9.17, 15) is 13.2 Å². The predicted molar refractivity (Wildman–Crippen MR) is 82.2 cm³/mol. The first-order valence-electron chi connectivity index (χ1n) is 7.85. The Balaban J connectivity index is 1.92. The molecule has 1 aliphatic rings. The van der Waals surface area contributed by atoms with Gasteiger partial charge in [0.05, 0.1) is 0 Å². The van der Waals surface area contributed by atoms with Crippen LogP contribution in [0.4, 0.5) is 13.2 Å². The number of hydrogen-bond donors (Lipinski definition) is 0. The first kappa shape index (κ1) is 15.1. The summed E-state index contributed by atoms with van der Waals surface area (Å²) in [5.41, 5.74) is 3.70. The minimum atomic E-state index is -1.41. The lowest BCUT2D eigenvalue weighted by molar-refractivity contribution is 0.423. The molecule has 1 atom stereocenters. The van der Waals surface area contributed by atoms with Gasteiger partial charge < -0.3 is 0 Å². The zero-order valence-corrected chi connectivity index (χ0v) is 12.6. The molecule has 0 aromatic heterocycles. The van der Waals surface area contributed by atoms with Gasteiger partial charge in [-0.15, -0.1) is 0 Å². The topological polar surface area (TPSA) is 0 Å². The van der Waals surface area contributed by atoms with Crippen LogP contribution in [0.25, 0.3) is 11.1 Å². The van der Waals surface area contributed by atoms with Crippen molar-refractivity contribution in [2.45, 2.75) is 39.0 Å². The van der Waals surface area contributed by atoms with Gasteiger partial charge in [-0.2, -0.15) is 0 Å². The van der Waals surface area contributed by atoms with E-state index in [1.807, 2.05) is 18.2 Å². The van der Waals surface area contributed by atoms with E-state index >= 15 is 0 Å². The molecule has 0 N–H and O–H groups in total. The Morgan fingerprint density at radius 3 is 2.36 bits per heavy atom. The summed E-state index contributed by atoms with van der Waals surface area (Å²) in [5.74, 6) is -2.96. The molecule has 0 amide bonds. The maximum Gasteiger partial charge on any atom is 0.194 e. The van der Waals surface area contributed by atoms with Crippen molar-refractivity contribution in [3.63, 3.8) is 0 Å². The smallest absolute Gasteiger partial charge is 0.194 e. The third-order valence-electron chi connectivity index (χ3n) is 4.55. The average molecular weight is 304 g/mol. The number of halogens is 3. The van der Waals surface area contributed by atoms with E-state index in [0.29, 0.717) is 5.56 Å². The van der Waals surface area contributed by atoms with E-state index in [-0.39, 0.29) is 0 Å². The summed E-state index contributed by atoms with van der Waals surface area (Å²) in [6.45, 7) is 2.20. The third-order valence-corrected chi connectivity index (χ3v) is 4.55. The molecule has 116 valence electrons. The third kappa shape index (κ3) is 2.90. The number of fused-ring (bicyclic) bond motifs is 1. The van der Waals surface area contributed by atoms with Crippen LogP contribution < -0.4 is 0 Å². The molecule has 0 heterocycles. The van der Waals surface area contributed by atoms with Crippen molar-refractivity contribution in [1.29, 1.82) is 0 Å². The van der Waals surface area contributed by atoms with Gasteiger partial charge in [-0.25, -0.2) is 13.2 Å². The molecule has 2 aromatic carbocycles. The van der Waals surface area contributed by atoms with E-state index < -0.39 is 17.5 Å². The van der Waals surface area contributed by atoms with E-state index in [0.717, 1.165) is 42.9 Å². The van der Waals surface area contributed by atoms with Crippen LogP contribution in [-0.4, -0.2) is 0 Å². The van der Waals surface area contributed by atoms with Crippen molar-refractivity contribution in [3.05, 3.63) is 58.9 Å². The molecule has 2 aromatic rings. The van der Waals surface area contributed by atoms with Crippen LogP contribution in [0.3, 0.4) is 0 Å². The minimum absolute atomic E-state index is 0.384. The molecule has 22 heavy (non-hydrogen) atoms. The van der Waals surface area contributed by atoms with Crippen LogP contribution in [0.15, 0.2) is 30.3 Å². The number of aryl methyl sites for hydroxylation is 1. The lowest BCUT2D eigenvalue weighted by Crippen LogP contribution is -2.14. The molecule has 0 bridgehead atoms. The van der Waals surface area contributed by atoms with Crippen molar-refractivity contribution in [3.8, 4) is 11.1 Å². The highest BCUT2D eigenvalue weighted by molar-refractivity contribution is 5.65. The lowest BCUT2D eigenvalue weighted by Gasteiger charge is -2.24. The normalized spacial score (nSPS) is 17.4. The molecule has 0 saturated heterocycles. The summed E-state index contributed by atoms with van der Waals surface area (Å²) in [4.78, 5) is 0. The first-order valence-corrected chi connectivity index (χ1v) is 7.85. The molecular formula is C19H19F3. The summed E-state index contributed by atoms with van der Waals surface area (Å²) in [6, 6.07) is 8.03. The van der Waals surface area contributed by atoms with Gasteiger partial charge in [-0.1, -0.05) is 38.0 Å². The SMILES string of the molecule is CCCC1CCc2cc(-c3cc(F)c(F)c(F)c3)ccc2C1. The molecular weight excluding hydrogens is 285 g/mol. The van der Waals surface area contributed by atoms with Crippen molar-refractivity contribution < 1.29 is 13.2 Å². The van der Waals surface area contributed by atoms with Gasteiger partial charge in [-0.05, 0) is 59.6 Å². The minimum Gasteiger partial charge on any atom is -0.204 e. The van der Waals surface area contributed by atoms with E-state index in [1.54, 1.807) is 0 Å². The largest absolute Gasteiger partial charge is 0.204 e. The van der Waals surface area contributed by atoms with Crippen LogP contribution in [0, 0.1) is 23.4 Å². The van der Waals surface area contributed by atoms with Crippen LogP contribution in [0.1, 0.15) is 37.3 Å². The standard InChI is InChI=1S/C19H19F3/c1-2-3-12-4-5-14-9-15(7-6-13(14)8-12)16-10-17(20)19(22)18(21)11-16/h6-7,9-12H,2-5,8H2,1H3. The van der Waals surface area contributed by atoms with Gasteiger partial charge in [0.15, 0.2) is 17.5 Å². The van der Waals surface area contributed by atoms with Crippen molar-refractivity contribution in [2.24, 2.45) is 5.92 Å². The number of hydrogen-bond acceptors (Lipinski definition) is 0. The highest BCUT2D eigenvalue weighted by Gasteiger charge is 2.19. The van der Waals surface area contributed by atoms with Crippen LogP contribution >= 0.6 is 0 Å². The van der Waals surface area contributed by atoms with Gasteiger partial charge in [0.25, 0.3) is 0 Å². The summed E-state index contributed by atoms with van der Waals surface area (Å²) in [6.07, 6.45) is 5.69. The zero-order chi connectivity index (χ0) is 15.7. The Hall–Kier alpha value is -1.77. The van der Waals surface area contributed by atoms with Crippen molar-refractivity contribution in [2.75, 3.05) is 0 Å². The van der Waals surface area contributed by atoms with Gasteiger partial charge >= 0.3 is 0 Å². The Morgan fingerprint density at radius 2 is 1.68 bits per heavy atom. The van der Waals surface area contributed by atoms with Crippen LogP contribution in [-0.2, 0) is 12.8 Å². The maximum absolute atomic E-state index is 13.4. The quantitative estimate of drug-likeness (QED) is 0.640. The molecule has 0 fully saturated rings. The summed E-state index contributed by atoms with van der Waals surface area (Å²) >= 11 is 0.